The molecule has 1 fully saturated rings. The van der Waals surface area contributed by atoms with Gasteiger partial charge >= 0.3 is 6.18 Å². The number of hydrogen-bond acceptors (Lipinski definition) is 9. The lowest BCUT2D eigenvalue weighted by Gasteiger charge is -2.36. The number of carbonyl (C=O) groups excluding carboxylic acids is 2. The van der Waals surface area contributed by atoms with E-state index in [0.29, 0.717) is 31.2 Å². The summed E-state index contributed by atoms with van der Waals surface area (Å²) in [6.07, 6.45) is -1.00. The van der Waals surface area contributed by atoms with E-state index in [1.165, 1.54) is 4.90 Å². The van der Waals surface area contributed by atoms with Gasteiger partial charge in [-0.2, -0.15) is 22.7 Å². The number of rotatable bonds is 5. The molecular weight excluding hydrogens is 688 g/mol. The molecule has 50 heavy (non-hydrogen) atoms. The molecule has 2 amide bonds. The Morgan fingerprint density at radius 2 is 1.90 bits per heavy atom. The van der Waals surface area contributed by atoms with Crippen LogP contribution in [0.15, 0.2) is 41.3 Å². The highest BCUT2D eigenvalue weighted by atomic mass is 35.5. The number of piperazine rings is 1. The molecule has 0 saturated carbocycles. The fourth-order valence-corrected chi connectivity index (χ4v) is 6.85. The molecule has 2 unspecified atom stereocenters. The molecule has 0 aliphatic carbocycles. The number of amides is 2. The zero-order valence-corrected chi connectivity index (χ0v) is 27.1. The highest BCUT2D eigenvalue weighted by Gasteiger charge is 2.41. The summed E-state index contributed by atoms with van der Waals surface area (Å²) in [5.74, 6) is -3.04. The maximum Gasteiger partial charge on any atom is 0.416 e. The third-order valence-corrected chi connectivity index (χ3v) is 9.44. The maximum absolute atomic E-state index is 14.3. The van der Waals surface area contributed by atoms with Crippen molar-refractivity contribution in [2.45, 2.75) is 37.9 Å². The molecule has 0 radical (unpaired) electrons. The minimum atomic E-state index is -4.62. The largest absolute Gasteiger partial charge is 0.503 e. The fraction of sp³-hybridized carbons (Fsp3) is 0.375. The lowest BCUT2D eigenvalue weighted by molar-refractivity contribution is -0.137. The second-order valence-electron chi connectivity index (χ2n) is 12.2. The van der Waals surface area contributed by atoms with Gasteiger partial charge in [-0.05, 0) is 42.7 Å². The van der Waals surface area contributed by atoms with Gasteiger partial charge in [0.05, 0.1) is 35.2 Å². The molecular formula is C32H29ClF4N8O5. The van der Waals surface area contributed by atoms with E-state index in [1.807, 2.05) is 13.0 Å². The van der Waals surface area contributed by atoms with E-state index in [1.54, 1.807) is 9.47 Å². The highest BCUT2D eigenvalue weighted by Crippen LogP contribution is 2.42. The molecule has 7 rings (SSSR count). The van der Waals surface area contributed by atoms with E-state index in [4.69, 9.17) is 21.3 Å². The quantitative estimate of drug-likeness (QED) is 0.289. The average molecular weight is 717 g/mol. The third-order valence-electron chi connectivity index (χ3n) is 9.13. The molecule has 2 N–H and O–H groups in total. The van der Waals surface area contributed by atoms with Crippen LogP contribution in [0.1, 0.15) is 59.3 Å². The van der Waals surface area contributed by atoms with Crippen LogP contribution in [-0.2, 0) is 15.7 Å². The van der Waals surface area contributed by atoms with Crippen LogP contribution in [0.3, 0.4) is 0 Å². The molecule has 1 aromatic carbocycles. The molecule has 262 valence electrons. The van der Waals surface area contributed by atoms with Crippen LogP contribution in [0.4, 0.5) is 28.9 Å². The van der Waals surface area contributed by atoms with Crippen LogP contribution >= 0.6 is 11.6 Å². The van der Waals surface area contributed by atoms with Crippen LogP contribution in [0.5, 0.6) is 5.75 Å². The van der Waals surface area contributed by atoms with Gasteiger partial charge in [-0.3, -0.25) is 19.0 Å². The van der Waals surface area contributed by atoms with Gasteiger partial charge < -0.3 is 25.0 Å². The SMILES string of the molecule is CC1CC(C(=O)Nc2ccc(C(F)(F)F)cc2Cl)n2c1c(N1CCN(C(=O)c3nccc(F)c3O)CC1)c(=O)n1nc(C3=CCOCC3)nc21. The number of aromatic hydroxyl groups is 1. The summed E-state index contributed by atoms with van der Waals surface area (Å²) in [5.41, 5.74) is -0.366. The number of ether oxygens (including phenoxy) is 1. The highest BCUT2D eigenvalue weighted by molar-refractivity contribution is 6.33. The van der Waals surface area contributed by atoms with E-state index in [0.717, 1.165) is 40.6 Å². The standard InChI is InChI=1S/C32H29ClF4N8O5/c1-16-14-22(28(47)39-21-3-2-18(15-19(21)33)32(35,36)37)44-24(16)25(30(49)45-31(44)40-27(41-45)17-5-12-50-13-6-17)42-8-10-43(11-9-42)29(48)23-26(46)20(34)4-7-38-23/h2-5,7,15-16,22,46H,6,8-14H2,1H3,(H,39,47). The van der Waals surface area contributed by atoms with Crippen LogP contribution in [0, 0.1) is 5.82 Å². The number of fused-ring (bicyclic) bond motifs is 3. The zero-order chi connectivity index (χ0) is 35.5. The Bertz CT molecular complexity index is 2130. The van der Waals surface area contributed by atoms with Crippen molar-refractivity contribution < 1.29 is 37.0 Å². The smallest absolute Gasteiger partial charge is 0.416 e. The first-order valence-corrected chi connectivity index (χ1v) is 16.1. The summed E-state index contributed by atoms with van der Waals surface area (Å²) in [6.45, 7) is 3.17. The van der Waals surface area contributed by atoms with Crippen molar-refractivity contribution in [3.05, 3.63) is 80.5 Å². The van der Waals surface area contributed by atoms with E-state index >= 15 is 0 Å². The maximum atomic E-state index is 14.3. The van der Waals surface area contributed by atoms with Crippen molar-refractivity contribution in [2.75, 3.05) is 49.6 Å². The van der Waals surface area contributed by atoms with Gasteiger partial charge in [0.1, 0.15) is 11.7 Å². The zero-order valence-electron chi connectivity index (χ0n) is 26.4. The Kier molecular flexibility index (Phi) is 8.50. The Morgan fingerprint density at radius 3 is 2.58 bits per heavy atom. The van der Waals surface area contributed by atoms with Crippen LogP contribution in [-0.4, -0.2) is 85.4 Å². The molecule has 0 bridgehead atoms. The number of pyridine rings is 1. The topological polar surface area (TPSA) is 147 Å². The van der Waals surface area contributed by atoms with Gasteiger partial charge in [0, 0.05) is 38.3 Å². The Labute approximate surface area is 285 Å². The first-order chi connectivity index (χ1) is 23.8. The van der Waals surface area contributed by atoms with E-state index in [9.17, 15) is 37.1 Å². The molecule has 1 saturated heterocycles. The average Bonchev–Trinajstić information content (AvgIpc) is 3.69. The number of alkyl halides is 3. The fourth-order valence-electron chi connectivity index (χ4n) is 6.62. The summed E-state index contributed by atoms with van der Waals surface area (Å²) < 4.78 is 61.8. The summed E-state index contributed by atoms with van der Waals surface area (Å²) in [7, 11) is 0. The third kappa shape index (κ3) is 5.83. The predicted molar refractivity (Wildman–Crippen MR) is 172 cm³/mol. The summed E-state index contributed by atoms with van der Waals surface area (Å²) >= 11 is 6.16. The number of anilines is 2. The number of nitrogens with one attached hydrogen (secondary N) is 1. The number of benzene rings is 1. The Morgan fingerprint density at radius 1 is 1.14 bits per heavy atom. The molecule has 3 aromatic heterocycles. The summed E-state index contributed by atoms with van der Waals surface area (Å²) in [5, 5.41) is 17.0. The second kappa shape index (κ2) is 12.7. The molecule has 4 aromatic rings. The molecule has 3 aliphatic rings. The van der Waals surface area contributed by atoms with Crippen LogP contribution in [0.25, 0.3) is 11.4 Å². The van der Waals surface area contributed by atoms with Gasteiger partial charge in [0.2, 0.25) is 11.7 Å². The second-order valence-corrected chi connectivity index (χ2v) is 12.6. The number of hydrogen-bond donors (Lipinski definition) is 2. The minimum absolute atomic E-state index is 0.0165. The van der Waals surface area contributed by atoms with Gasteiger partial charge in [0.25, 0.3) is 11.5 Å². The first-order valence-electron chi connectivity index (χ1n) is 15.7. The van der Waals surface area contributed by atoms with E-state index in [-0.39, 0.29) is 60.7 Å². The molecule has 2 atom stereocenters. The van der Waals surface area contributed by atoms with Gasteiger partial charge in [0.15, 0.2) is 23.1 Å². The van der Waals surface area contributed by atoms with Crippen molar-refractivity contribution in [2.24, 2.45) is 0 Å². The van der Waals surface area contributed by atoms with Gasteiger partial charge in [-0.25, -0.2) is 9.37 Å². The first kappa shape index (κ1) is 33.5. The summed E-state index contributed by atoms with van der Waals surface area (Å²) in [4.78, 5) is 53.0. The molecule has 0 spiro atoms. The monoisotopic (exact) mass is 716 g/mol. The van der Waals surface area contributed by atoms with Crippen molar-refractivity contribution in [3.8, 4) is 5.75 Å². The summed E-state index contributed by atoms with van der Waals surface area (Å²) in [6, 6.07) is 2.63. The normalized spacial score (nSPS) is 19.4. The van der Waals surface area contributed by atoms with Crippen LogP contribution in [0.2, 0.25) is 5.02 Å². The number of carbonyl (C=O) groups is 2. The Hall–Kier alpha value is -5.03. The molecule has 6 heterocycles. The number of nitrogens with zero attached hydrogens (tertiary/aromatic N) is 7. The molecule has 13 nitrogen and oxygen atoms in total. The van der Waals surface area contributed by atoms with Crippen molar-refractivity contribution in [1.82, 2.24) is 29.0 Å². The van der Waals surface area contributed by atoms with E-state index < -0.39 is 52.4 Å². The number of halogens is 5. The molecule has 18 heteroatoms. The lowest BCUT2D eigenvalue weighted by atomic mass is 10.0. The molecule has 3 aliphatic heterocycles. The van der Waals surface area contributed by atoms with Gasteiger partial charge in [-0.1, -0.05) is 24.6 Å². The minimum Gasteiger partial charge on any atom is -0.503 e. The Balaban J connectivity index is 1.26. The van der Waals surface area contributed by atoms with Crippen LogP contribution < -0.4 is 15.8 Å². The van der Waals surface area contributed by atoms with E-state index in [2.05, 4.69) is 15.4 Å². The van der Waals surface area contributed by atoms with Crippen molar-refractivity contribution in [1.29, 1.82) is 0 Å². The van der Waals surface area contributed by atoms with Crippen molar-refractivity contribution in [3.63, 3.8) is 0 Å². The van der Waals surface area contributed by atoms with Gasteiger partial charge in [-0.15, -0.1) is 5.10 Å². The lowest BCUT2D eigenvalue weighted by Crippen LogP contribution is -2.51. The number of aromatic nitrogens is 5. The van der Waals surface area contributed by atoms with Crippen molar-refractivity contribution >= 4 is 46.1 Å². The predicted octanol–water partition coefficient (Wildman–Crippen LogP) is 4.26.